The summed E-state index contributed by atoms with van der Waals surface area (Å²) in [7, 11) is 0. The molecule has 5 atom stereocenters. The van der Waals surface area contributed by atoms with Crippen molar-refractivity contribution in [3.8, 4) is 17.6 Å². The molecule has 0 radical (unpaired) electrons. The van der Waals surface area contributed by atoms with Crippen LogP contribution in [0.1, 0.15) is 53.6 Å². The van der Waals surface area contributed by atoms with Gasteiger partial charge in [-0.05, 0) is 74.4 Å². The first-order valence-electron chi connectivity index (χ1n) is 15.6. The summed E-state index contributed by atoms with van der Waals surface area (Å²) >= 11 is 0. The van der Waals surface area contributed by atoms with Crippen molar-refractivity contribution >= 4 is 17.5 Å². The van der Waals surface area contributed by atoms with E-state index in [9.17, 15) is 40.3 Å². The quantitative estimate of drug-likeness (QED) is 0.129. The van der Waals surface area contributed by atoms with Gasteiger partial charge in [0, 0.05) is 35.9 Å². The molecule has 2 aromatic rings. The summed E-state index contributed by atoms with van der Waals surface area (Å²) in [6.07, 6.45) is -7.09. The van der Waals surface area contributed by atoms with Crippen molar-refractivity contribution in [2.75, 3.05) is 31.7 Å². The Kier molecular flexibility index (Phi) is 11.2. The Bertz CT molecular complexity index is 1630. The van der Waals surface area contributed by atoms with Gasteiger partial charge in [-0.2, -0.15) is 26.3 Å². The number of nitrogens with one attached hydrogen (secondary N) is 2. The number of hydrogen-bond donors (Lipinski definition) is 3. The predicted molar refractivity (Wildman–Crippen MR) is 161 cm³/mol. The van der Waals surface area contributed by atoms with Gasteiger partial charge in [-0.1, -0.05) is 17.4 Å². The highest BCUT2D eigenvalue weighted by Gasteiger charge is 2.55. The maximum atomic E-state index is 13.9. The van der Waals surface area contributed by atoms with Gasteiger partial charge in [0.15, 0.2) is 6.29 Å². The average molecular weight is 699 g/mol. The third-order valence-electron chi connectivity index (χ3n) is 8.69. The predicted octanol–water partition coefficient (Wildman–Crippen LogP) is 5.99. The molecule has 2 saturated carbocycles. The minimum atomic E-state index is -5.07. The van der Waals surface area contributed by atoms with E-state index in [1.807, 2.05) is 0 Å². The van der Waals surface area contributed by atoms with Gasteiger partial charge in [0.25, 0.3) is 5.91 Å². The SMILES string of the molecule is O=C(N[C@H]1[C@@H](C(=O)Nc2ccc(F)c(C(F)(F)F)c2)[C@H]2CC[C@@H]1/C2=C\C(F)(F)F)c1cc(C#CCO)ccc1OCCOC1CCCCO1. The van der Waals surface area contributed by atoms with E-state index in [2.05, 4.69) is 22.5 Å². The molecule has 264 valence electrons. The molecule has 2 amide bonds. The van der Waals surface area contributed by atoms with Crippen LogP contribution in [0.4, 0.5) is 36.4 Å². The van der Waals surface area contributed by atoms with Crippen LogP contribution in [0.25, 0.3) is 0 Å². The van der Waals surface area contributed by atoms with Crippen molar-refractivity contribution in [2.45, 2.75) is 56.8 Å². The maximum absolute atomic E-state index is 13.9. The van der Waals surface area contributed by atoms with Crippen LogP contribution in [0, 0.1) is 35.4 Å². The van der Waals surface area contributed by atoms with Gasteiger partial charge in [0.1, 0.15) is 24.8 Å². The molecule has 2 aromatic carbocycles. The number of fused-ring (bicyclic) bond motifs is 2. The molecule has 0 aromatic heterocycles. The van der Waals surface area contributed by atoms with Crippen LogP contribution in [0.3, 0.4) is 0 Å². The Balaban J connectivity index is 1.40. The molecule has 3 aliphatic rings. The summed E-state index contributed by atoms with van der Waals surface area (Å²) in [6, 6.07) is 5.00. The highest BCUT2D eigenvalue weighted by Crippen LogP contribution is 2.54. The summed E-state index contributed by atoms with van der Waals surface area (Å²) in [6.45, 7) is 0.246. The number of aliphatic hydroxyl groups excluding tert-OH is 1. The minimum Gasteiger partial charge on any atom is -0.490 e. The van der Waals surface area contributed by atoms with Crippen LogP contribution in [0.2, 0.25) is 0 Å². The van der Waals surface area contributed by atoms with Gasteiger partial charge in [-0.25, -0.2) is 4.39 Å². The smallest absolute Gasteiger partial charge is 0.419 e. The number of halogens is 7. The van der Waals surface area contributed by atoms with E-state index in [-0.39, 0.29) is 55.3 Å². The molecular formula is C34H33F7N2O6. The number of rotatable bonds is 9. The molecule has 1 unspecified atom stereocenters. The van der Waals surface area contributed by atoms with Gasteiger partial charge >= 0.3 is 12.4 Å². The Morgan fingerprint density at radius 3 is 2.47 bits per heavy atom. The lowest BCUT2D eigenvalue weighted by molar-refractivity contribution is -0.165. The molecule has 3 N–H and O–H groups in total. The Hall–Kier alpha value is -4.13. The molecule has 1 aliphatic heterocycles. The molecule has 5 rings (SSSR count). The minimum absolute atomic E-state index is 0.0109. The fraction of sp³-hybridized carbons (Fsp3) is 0.471. The van der Waals surface area contributed by atoms with Gasteiger partial charge in [-0.15, -0.1) is 0 Å². The number of alkyl halides is 6. The lowest BCUT2D eigenvalue weighted by Gasteiger charge is -2.30. The molecule has 15 heteroatoms. The lowest BCUT2D eigenvalue weighted by Crippen LogP contribution is -2.48. The second-order valence-electron chi connectivity index (χ2n) is 11.9. The monoisotopic (exact) mass is 698 g/mol. The second kappa shape index (κ2) is 15.2. The largest absolute Gasteiger partial charge is 0.490 e. The third kappa shape index (κ3) is 8.92. The Morgan fingerprint density at radius 2 is 1.78 bits per heavy atom. The Morgan fingerprint density at radius 1 is 1.00 bits per heavy atom. The van der Waals surface area contributed by atoms with Crippen molar-refractivity contribution in [3.63, 3.8) is 0 Å². The summed E-state index contributed by atoms with van der Waals surface area (Å²) in [5.74, 6) is -1.28. The topological polar surface area (TPSA) is 106 Å². The van der Waals surface area contributed by atoms with Crippen molar-refractivity contribution in [3.05, 3.63) is 70.6 Å². The Labute approximate surface area is 277 Å². The molecule has 1 heterocycles. The first-order valence-corrected chi connectivity index (χ1v) is 15.6. The zero-order chi connectivity index (χ0) is 35.3. The van der Waals surface area contributed by atoms with E-state index in [0.717, 1.165) is 25.3 Å². The van der Waals surface area contributed by atoms with Crippen LogP contribution in [0.15, 0.2) is 48.0 Å². The van der Waals surface area contributed by atoms with E-state index in [4.69, 9.17) is 19.3 Å². The van der Waals surface area contributed by atoms with Crippen molar-refractivity contribution in [1.29, 1.82) is 0 Å². The summed E-state index contributed by atoms with van der Waals surface area (Å²) in [5, 5.41) is 14.1. The molecule has 2 bridgehead atoms. The second-order valence-corrected chi connectivity index (χ2v) is 11.9. The molecule has 1 saturated heterocycles. The summed E-state index contributed by atoms with van der Waals surface area (Å²) in [4.78, 5) is 27.4. The molecule has 3 fully saturated rings. The van der Waals surface area contributed by atoms with Crippen LogP contribution < -0.4 is 15.4 Å². The number of carbonyl (C=O) groups excluding carboxylic acids is 2. The number of ether oxygens (including phenoxy) is 3. The van der Waals surface area contributed by atoms with E-state index >= 15 is 0 Å². The molecule has 0 spiro atoms. The molecule has 49 heavy (non-hydrogen) atoms. The first kappa shape index (κ1) is 36.2. The fourth-order valence-electron chi connectivity index (χ4n) is 6.68. The van der Waals surface area contributed by atoms with Gasteiger partial charge < -0.3 is 30.0 Å². The maximum Gasteiger partial charge on any atom is 0.419 e. The van der Waals surface area contributed by atoms with Crippen molar-refractivity contribution in [2.24, 2.45) is 17.8 Å². The molecule has 2 aliphatic carbocycles. The summed E-state index contributed by atoms with van der Waals surface area (Å²) < 4.78 is 112. The first-order chi connectivity index (χ1) is 23.2. The van der Waals surface area contributed by atoms with Gasteiger partial charge in [-0.3, -0.25) is 9.59 Å². The van der Waals surface area contributed by atoms with Crippen LogP contribution in [-0.4, -0.2) is 61.9 Å². The lowest BCUT2D eigenvalue weighted by atomic mass is 9.83. The number of aliphatic hydroxyl groups is 1. The standard InChI is InChI=1S/C34H33F7N2O6/c35-26-10-7-20(17-25(26)34(39,40)41)42-32(46)29-21-8-9-22(24(21)18-33(36,37)38)30(29)43-31(45)23-16-19(4-3-12-44)6-11-27(23)47-14-15-49-28-5-1-2-13-48-28/h6-7,10-11,16-18,21-22,28-30,44H,1-2,5,8-9,12-15H2,(H,42,46)(H,43,45)/b24-18-/t21-,22+,28?,29-,30+/m0/s1. The van der Waals surface area contributed by atoms with E-state index < -0.39 is 71.6 Å². The van der Waals surface area contributed by atoms with Crippen molar-refractivity contribution < 1.29 is 59.6 Å². The van der Waals surface area contributed by atoms with Gasteiger partial charge in [0.2, 0.25) is 5.91 Å². The molecular weight excluding hydrogens is 665 g/mol. The molecule has 8 nitrogen and oxygen atoms in total. The van der Waals surface area contributed by atoms with Crippen LogP contribution in [0.5, 0.6) is 5.75 Å². The van der Waals surface area contributed by atoms with Crippen LogP contribution >= 0.6 is 0 Å². The van der Waals surface area contributed by atoms with Crippen molar-refractivity contribution in [1.82, 2.24) is 5.32 Å². The van der Waals surface area contributed by atoms with Crippen LogP contribution in [-0.2, 0) is 20.4 Å². The number of carbonyl (C=O) groups is 2. The number of hydrogen-bond acceptors (Lipinski definition) is 6. The number of allylic oxidation sites excluding steroid dienone is 1. The number of anilines is 1. The van der Waals surface area contributed by atoms with E-state index in [0.29, 0.717) is 24.3 Å². The van der Waals surface area contributed by atoms with E-state index in [1.165, 1.54) is 18.2 Å². The highest BCUT2D eigenvalue weighted by molar-refractivity contribution is 5.99. The number of amides is 2. The third-order valence-corrected chi connectivity index (χ3v) is 8.69. The van der Waals surface area contributed by atoms with Gasteiger partial charge in [0.05, 0.1) is 23.7 Å². The zero-order valence-corrected chi connectivity index (χ0v) is 25.9. The zero-order valence-electron chi connectivity index (χ0n) is 25.9. The average Bonchev–Trinajstić information content (AvgIpc) is 3.56. The van der Waals surface area contributed by atoms with E-state index in [1.54, 1.807) is 0 Å². The fourth-order valence-corrected chi connectivity index (χ4v) is 6.68. The summed E-state index contributed by atoms with van der Waals surface area (Å²) in [5.41, 5.74) is -1.90. The number of benzene rings is 2. The highest BCUT2D eigenvalue weighted by atomic mass is 19.4. The normalized spacial score (nSPS) is 24.3.